The molecule has 0 saturated carbocycles. The topological polar surface area (TPSA) is 49.5 Å². The Labute approximate surface area is 136 Å². The number of quaternary nitrogens is 1. The third-order valence-electron chi connectivity index (χ3n) is 4.16. The molecule has 118 valence electrons. The van der Waals surface area contributed by atoms with Crippen molar-refractivity contribution in [2.45, 2.75) is 26.8 Å². The second-order valence-electron chi connectivity index (χ2n) is 6.23. The van der Waals surface area contributed by atoms with Crippen molar-refractivity contribution in [2.24, 2.45) is 0 Å². The molecule has 0 amide bonds. The fourth-order valence-corrected chi connectivity index (χ4v) is 2.91. The zero-order chi connectivity index (χ0) is 16.2. The van der Waals surface area contributed by atoms with E-state index in [9.17, 15) is 4.79 Å². The highest BCUT2D eigenvalue weighted by molar-refractivity contribution is 5.79. The number of hydrogen-bond acceptors (Lipinski definition) is 1. The zero-order valence-corrected chi connectivity index (χ0v) is 13.7. The fraction of sp³-hybridized carbons (Fsp3) is 0.250. The van der Waals surface area contributed by atoms with Crippen molar-refractivity contribution in [1.29, 1.82) is 0 Å². The molecule has 3 aromatic rings. The van der Waals surface area contributed by atoms with Crippen molar-refractivity contribution in [3.63, 3.8) is 0 Å². The molecule has 1 aromatic heterocycles. The summed E-state index contributed by atoms with van der Waals surface area (Å²) in [5.41, 5.74) is 5.58. The van der Waals surface area contributed by atoms with E-state index in [0.717, 1.165) is 35.0 Å². The molecular weight excluding hydrogens is 284 g/mol. The zero-order valence-electron chi connectivity index (χ0n) is 13.7. The molecule has 0 aliphatic heterocycles. The van der Waals surface area contributed by atoms with E-state index in [4.69, 9.17) is 0 Å². The van der Waals surface area contributed by atoms with Gasteiger partial charge in [0.2, 0.25) is 0 Å². The van der Waals surface area contributed by atoms with Crippen LogP contribution in [-0.2, 0) is 13.0 Å². The van der Waals surface area contributed by atoms with Gasteiger partial charge in [0.05, 0.1) is 12.1 Å². The Morgan fingerprint density at radius 2 is 1.83 bits per heavy atom. The number of aromatic amines is 1. The van der Waals surface area contributed by atoms with Crippen molar-refractivity contribution >= 4 is 10.9 Å². The second kappa shape index (κ2) is 6.80. The minimum absolute atomic E-state index is 0.0231. The summed E-state index contributed by atoms with van der Waals surface area (Å²) in [6.07, 6.45) is 1.02. The van der Waals surface area contributed by atoms with Gasteiger partial charge in [-0.3, -0.25) is 4.79 Å². The first-order valence-electron chi connectivity index (χ1n) is 8.11. The summed E-state index contributed by atoms with van der Waals surface area (Å²) < 4.78 is 0. The maximum Gasteiger partial charge on any atom is 0.257 e. The molecule has 1 heterocycles. The van der Waals surface area contributed by atoms with E-state index in [2.05, 4.69) is 53.6 Å². The van der Waals surface area contributed by atoms with Crippen LogP contribution in [0.25, 0.3) is 10.9 Å². The largest absolute Gasteiger partial charge is 0.342 e. The molecule has 0 aliphatic rings. The van der Waals surface area contributed by atoms with E-state index in [1.165, 1.54) is 11.1 Å². The Morgan fingerprint density at radius 3 is 2.65 bits per heavy atom. The van der Waals surface area contributed by atoms with E-state index in [-0.39, 0.29) is 5.56 Å². The number of nitrogens with two attached hydrogens (primary N) is 1. The molecule has 0 radical (unpaired) electrons. The molecule has 0 saturated heterocycles. The third kappa shape index (κ3) is 3.88. The lowest BCUT2D eigenvalue weighted by molar-refractivity contribution is -0.670. The number of nitrogens with one attached hydrogen (secondary N) is 1. The van der Waals surface area contributed by atoms with Crippen molar-refractivity contribution in [3.8, 4) is 0 Å². The van der Waals surface area contributed by atoms with Gasteiger partial charge in [-0.15, -0.1) is 0 Å². The molecular formula is C20H23N2O+. The van der Waals surface area contributed by atoms with Crippen molar-refractivity contribution in [3.05, 3.63) is 81.1 Å². The first kappa shape index (κ1) is 15.5. The van der Waals surface area contributed by atoms with Crippen LogP contribution >= 0.6 is 0 Å². The van der Waals surface area contributed by atoms with Crippen molar-refractivity contribution < 1.29 is 5.32 Å². The molecule has 0 unspecified atom stereocenters. The Balaban J connectivity index is 1.64. The van der Waals surface area contributed by atoms with Crippen LogP contribution in [0.4, 0.5) is 0 Å². The van der Waals surface area contributed by atoms with Gasteiger partial charge < -0.3 is 10.3 Å². The first-order valence-corrected chi connectivity index (χ1v) is 8.11. The summed E-state index contributed by atoms with van der Waals surface area (Å²) in [6, 6.07) is 16.8. The van der Waals surface area contributed by atoms with E-state index >= 15 is 0 Å². The van der Waals surface area contributed by atoms with Gasteiger partial charge in [-0.2, -0.15) is 0 Å². The molecule has 3 nitrogen and oxygen atoms in total. The molecule has 0 atom stereocenters. The molecule has 0 fully saturated rings. The van der Waals surface area contributed by atoms with Gasteiger partial charge >= 0.3 is 0 Å². The van der Waals surface area contributed by atoms with Gasteiger partial charge in [-0.05, 0) is 42.5 Å². The lowest BCUT2D eigenvalue weighted by Crippen LogP contribution is -2.83. The Bertz CT molecular complexity index is 880. The number of aryl methyl sites for hydroxylation is 2. The van der Waals surface area contributed by atoms with E-state index < -0.39 is 0 Å². The predicted octanol–water partition coefficient (Wildman–Crippen LogP) is 2.45. The van der Waals surface area contributed by atoms with Crippen LogP contribution in [0.2, 0.25) is 0 Å². The van der Waals surface area contributed by atoms with Gasteiger partial charge in [0.25, 0.3) is 5.56 Å². The normalized spacial score (nSPS) is 11.0. The van der Waals surface area contributed by atoms with Crippen LogP contribution in [0.1, 0.15) is 22.3 Å². The van der Waals surface area contributed by atoms with Crippen LogP contribution in [0.15, 0.2) is 53.3 Å². The Morgan fingerprint density at radius 1 is 1.00 bits per heavy atom. The van der Waals surface area contributed by atoms with E-state index in [1.54, 1.807) is 0 Å². The Hall–Kier alpha value is -2.39. The van der Waals surface area contributed by atoms with Crippen LogP contribution < -0.4 is 10.9 Å². The van der Waals surface area contributed by atoms with Gasteiger partial charge in [-0.1, -0.05) is 42.0 Å². The number of fused-ring (bicyclic) bond motifs is 1. The second-order valence-corrected chi connectivity index (χ2v) is 6.23. The summed E-state index contributed by atoms with van der Waals surface area (Å²) in [7, 11) is 0. The first-order chi connectivity index (χ1) is 11.1. The molecule has 0 spiro atoms. The summed E-state index contributed by atoms with van der Waals surface area (Å²) >= 11 is 0. The number of benzene rings is 2. The highest BCUT2D eigenvalue weighted by Gasteiger charge is 2.05. The number of H-pyrrole nitrogens is 1. The smallest absolute Gasteiger partial charge is 0.257 e. The van der Waals surface area contributed by atoms with Gasteiger partial charge in [0, 0.05) is 11.9 Å². The summed E-state index contributed by atoms with van der Waals surface area (Å²) in [5.74, 6) is 0. The molecule has 2 aromatic carbocycles. The van der Waals surface area contributed by atoms with Crippen LogP contribution in [0.5, 0.6) is 0 Å². The third-order valence-corrected chi connectivity index (χ3v) is 4.16. The van der Waals surface area contributed by atoms with Crippen molar-refractivity contribution in [2.75, 3.05) is 6.54 Å². The summed E-state index contributed by atoms with van der Waals surface area (Å²) in [6.45, 7) is 5.84. The fourth-order valence-electron chi connectivity index (χ4n) is 2.91. The van der Waals surface area contributed by atoms with Crippen LogP contribution in [-0.4, -0.2) is 11.5 Å². The summed E-state index contributed by atoms with van der Waals surface area (Å²) in [4.78, 5) is 15.2. The minimum Gasteiger partial charge on any atom is -0.342 e. The van der Waals surface area contributed by atoms with Gasteiger partial charge in [0.1, 0.15) is 6.54 Å². The molecule has 23 heavy (non-hydrogen) atoms. The minimum atomic E-state index is 0.0231. The highest BCUT2D eigenvalue weighted by atomic mass is 16.1. The molecule has 3 heteroatoms. The van der Waals surface area contributed by atoms with E-state index in [1.807, 2.05) is 19.1 Å². The van der Waals surface area contributed by atoms with E-state index in [0.29, 0.717) is 6.54 Å². The lowest BCUT2D eigenvalue weighted by Gasteiger charge is -2.05. The molecule has 3 rings (SSSR count). The molecule has 3 N–H and O–H groups in total. The standard InChI is InChI=1S/C20H22N2O/c1-14-4-3-5-16(10-14)8-9-21-13-18-12-17-7-6-15(2)11-19(17)22-20(18)23/h3-7,10-12,21H,8-9,13H2,1-2H3,(H,22,23)/p+1. The van der Waals surface area contributed by atoms with Crippen LogP contribution in [0, 0.1) is 13.8 Å². The van der Waals surface area contributed by atoms with Crippen LogP contribution in [0.3, 0.4) is 0 Å². The number of aromatic nitrogens is 1. The molecule has 0 aliphatic carbocycles. The highest BCUT2D eigenvalue weighted by Crippen LogP contribution is 2.12. The van der Waals surface area contributed by atoms with Gasteiger partial charge in [0.15, 0.2) is 0 Å². The SMILES string of the molecule is Cc1cccc(CC[NH2+]Cc2cc3ccc(C)cc3[nH]c2=O)c1. The summed E-state index contributed by atoms with van der Waals surface area (Å²) in [5, 5.41) is 3.30. The predicted molar refractivity (Wildman–Crippen MR) is 94.7 cm³/mol. The quantitative estimate of drug-likeness (QED) is 0.699. The maximum atomic E-state index is 12.2. The lowest BCUT2D eigenvalue weighted by atomic mass is 10.1. The number of pyridine rings is 1. The Kier molecular flexibility index (Phi) is 4.58. The number of rotatable bonds is 5. The monoisotopic (exact) mass is 307 g/mol. The maximum absolute atomic E-state index is 12.2. The number of hydrogen-bond donors (Lipinski definition) is 2. The average Bonchev–Trinajstić information content (AvgIpc) is 2.52. The molecule has 0 bridgehead atoms. The average molecular weight is 307 g/mol. The van der Waals surface area contributed by atoms with Crippen molar-refractivity contribution in [1.82, 2.24) is 4.98 Å². The van der Waals surface area contributed by atoms with Gasteiger partial charge in [-0.25, -0.2) is 0 Å².